The molecule has 1 aliphatic heterocycles. The van der Waals surface area contributed by atoms with Gasteiger partial charge in [-0.05, 0) is 101 Å². The van der Waals surface area contributed by atoms with E-state index in [1.807, 2.05) is 11.3 Å². The van der Waals surface area contributed by atoms with E-state index in [1.54, 1.807) is 0 Å². The number of benzene rings is 8. The minimum absolute atomic E-state index is 0.0780. The zero-order valence-corrected chi connectivity index (χ0v) is 32.3. The van der Waals surface area contributed by atoms with Crippen molar-refractivity contribution in [2.24, 2.45) is 0 Å². The van der Waals surface area contributed by atoms with Crippen LogP contribution in [0.3, 0.4) is 0 Å². The second kappa shape index (κ2) is 13.2. The number of hydrogen-bond acceptors (Lipinski definition) is 3. The van der Waals surface area contributed by atoms with Crippen LogP contribution in [-0.2, 0) is 0 Å². The van der Waals surface area contributed by atoms with E-state index in [1.165, 1.54) is 58.7 Å². The molecule has 12 rings (SSSR count). The van der Waals surface area contributed by atoms with Crippen LogP contribution in [0.4, 0.5) is 17.1 Å². The average molecular weight is 761 g/mol. The van der Waals surface area contributed by atoms with Gasteiger partial charge in [0.25, 0.3) is 0 Å². The van der Waals surface area contributed by atoms with Gasteiger partial charge in [-0.2, -0.15) is 0 Å². The van der Waals surface area contributed by atoms with E-state index in [2.05, 4.69) is 216 Å². The van der Waals surface area contributed by atoms with Crippen LogP contribution in [0.5, 0.6) is 5.75 Å². The zero-order chi connectivity index (χ0) is 38.2. The van der Waals surface area contributed by atoms with Crippen LogP contribution in [0.25, 0.3) is 69.9 Å². The first-order chi connectivity index (χ1) is 28.7. The first-order valence-corrected chi connectivity index (χ1v) is 20.7. The van der Waals surface area contributed by atoms with Crippen molar-refractivity contribution < 1.29 is 4.74 Å². The van der Waals surface area contributed by atoms with Crippen LogP contribution in [0.1, 0.15) is 11.5 Å². The molecule has 0 amide bonds. The standard InChI is InChI=1S/C54H36N2OS/c1-2-10-39(11-3-1)56-49-15-7-4-12-43(49)44-31-28-42(34-50(44)56)55(40-24-18-35(19-25-40)37-22-29-46-45-13-5-8-16-51(45)57-52(46)32-37)41-26-20-36(21-27-41)38-23-30-48-47-14-6-9-17-53(47)58-54(48)33-38/h1-34,45,51H. The molecule has 58 heavy (non-hydrogen) atoms. The van der Waals surface area contributed by atoms with Gasteiger partial charge in [-0.25, -0.2) is 0 Å². The van der Waals surface area contributed by atoms with Crippen molar-refractivity contribution in [1.29, 1.82) is 0 Å². The molecule has 2 aliphatic rings. The lowest BCUT2D eigenvalue weighted by Gasteiger charge is -2.26. The summed E-state index contributed by atoms with van der Waals surface area (Å²) in [5.74, 6) is 1.26. The number of fused-ring (bicyclic) bond motifs is 9. The van der Waals surface area contributed by atoms with Crippen molar-refractivity contribution in [2.45, 2.75) is 12.0 Å². The number of hydrogen-bond donors (Lipinski definition) is 0. The Hall–Kier alpha value is -7.14. The summed E-state index contributed by atoms with van der Waals surface area (Å²) in [7, 11) is 0. The molecule has 0 saturated heterocycles. The summed E-state index contributed by atoms with van der Waals surface area (Å²) < 4.78 is 11.4. The Morgan fingerprint density at radius 1 is 0.448 bits per heavy atom. The van der Waals surface area contributed by atoms with Crippen molar-refractivity contribution in [1.82, 2.24) is 4.57 Å². The highest BCUT2D eigenvalue weighted by molar-refractivity contribution is 7.25. The molecule has 3 nitrogen and oxygen atoms in total. The van der Waals surface area contributed by atoms with E-state index >= 15 is 0 Å². The fraction of sp³-hybridized carbons (Fsp3) is 0.0370. The fourth-order valence-electron chi connectivity index (χ4n) is 9.13. The number of nitrogens with zero attached hydrogens (tertiary/aromatic N) is 2. The van der Waals surface area contributed by atoms with Crippen molar-refractivity contribution >= 4 is 70.4 Å². The number of aromatic nitrogens is 1. The van der Waals surface area contributed by atoms with Gasteiger partial charge in [-0.3, -0.25) is 0 Å². The van der Waals surface area contributed by atoms with Crippen LogP contribution < -0.4 is 9.64 Å². The highest BCUT2D eigenvalue weighted by Gasteiger charge is 2.32. The topological polar surface area (TPSA) is 17.4 Å². The Bertz CT molecular complexity index is 3260. The Kier molecular flexibility index (Phi) is 7.54. The number of rotatable bonds is 6. The van der Waals surface area contributed by atoms with Gasteiger partial charge in [0.1, 0.15) is 11.9 Å². The molecule has 4 heteroatoms. The molecular formula is C54H36N2OS. The molecule has 0 fully saturated rings. The van der Waals surface area contributed by atoms with E-state index < -0.39 is 0 Å². The summed E-state index contributed by atoms with van der Waals surface area (Å²) in [5.41, 5.74) is 12.8. The number of allylic oxidation sites excluding steroid dienone is 2. The molecule has 0 bridgehead atoms. The van der Waals surface area contributed by atoms with E-state index in [-0.39, 0.29) is 12.0 Å². The smallest absolute Gasteiger partial charge is 0.128 e. The van der Waals surface area contributed by atoms with Crippen LogP contribution in [0.15, 0.2) is 206 Å². The van der Waals surface area contributed by atoms with Crippen molar-refractivity contribution in [3.63, 3.8) is 0 Å². The van der Waals surface area contributed by atoms with E-state index in [4.69, 9.17) is 4.74 Å². The fourth-order valence-corrected chi connectivity index (χ4v) is 10.3. The summed E-state index contributed by atoms with van der Waals surface area (Å²) in [5, 5.41) is 5.12. The van der Waals surface area contributed by atoms with Gasteiger partial charge < -0.3 is 14.2 Å². The monoisotopic (exact) mass is 760 g/mol. The van der Waals surface area contributed by atoms with E-state index in [0.29, 0.717) is 0 Å². The molecule has 0 radical (unpaired) electrons. The summed E-state index contributed by atoms with van der Waals surface area (Å²) in [6.45, 7) is 0. The van der Waals surface area contributed by atoms with Crippen molar-refractivity contribution in [3.05, 3.63) is 212 Å². The average Bonchev–Trinajstić information content (AvgIpc) is 3.96. The van der Waals surface area contributed by atoms with Gasteiger partial charge in [0, 0.05) is 65.2 Å². The predicted molar refractivity (Wildman–Crippen MR) is 245 cm³/mol. The minimum Gasteiger partial charge on any atom is -0.485 e. The first kappa shape index (κ1) is 33.0. The summed E-state index contributed by atoms with van der Waals surface area (Å²) >= 11 is 1.86. The molecule has 3 heterocycles. The van der Waals surface area contributed by atoms with Gasteiger partial charge in [-0.1, -0.05) is 127 Å². The Balaban J connectivity index is 0.967. The molecular weight excluding hydrogens is 725 g/mol. The molecule has 8 aromatic carbocycles. The number of ether oxygens (including phenoxy) is 1. The lowest BCUT2D eigenvalue weighted by Crippen LogP contribution is -2.15. The van der Waals surface area contributed by atoms with E-state index in [0.717, 1.165) is 39.6 Å². The molecule has 2 atom stereocenters. The molecule has 10 aromatic rings. The molecule has 0 saturated carbocycles. The number of thiophene rings is 1. The zero-order valence-electron chi connectivity index (χ0n) is 31.5. The highest BCUT2D eigenvalue weighted by atomic mass is 32.1. The maximum atomic E-state index is 6.38. The minimum atomic E-state index is 0.0780. The summed E-state index contributed by atoms with van der Waals surface area (Å²) in [6, 6.07) is 66.5. The second-order valence-electron chi connectivity index (χ2n) is 15.3. The predicted octanol–water partition coefficient (Wildman–Crippen LogP) is 14.9. The maximum absolute atomic E-state index is 6.38. The van der Waals surface area contributed by atoms with Crippen LogP contribution in [-0.4, -0.2) is 10.7 Å². The SMILES string of the molecule is C1=CC2Oc3cc(-c4ccc(N(c5ccc(-c6ccc7c(c6)sc6ccccc67)cc5)c5ccc6c7ccccc7n(-c7ccccc7)c6c5)cc4)ccc3C2C=C1. The Labute approximate surface area is 340 Å². The third-order valence-corrected chi connectivity index (χ3v) is 13.1. The largest absolute Gasteiger partial charge is 0.485 e. The number of anilines is 3. The Morgan fingerprint density at radius 2 is 1.05 bits per heavy atom. The molecule has 0 spiro atoms. The molecule has 2 unspecified atom stereocenters. The Morgan fingerprint density at radius 3 is 1.86 bits per heavy atom. The van der Waals surface area contributed by atoms with Crippen LogP contribution >= 0.6 is 11.3 Å². The van der Waals surface area contributed by atoms with Gasteiger partial charge in [0.05, 0.1) is 11.0 Å². The first-order valence-electron chi connectivity index (χ1n) is 19.9. The molecule has 2 aromatic heterocycles. The van der Waals surface area contributed by atoms with Crippen molar-refractivity contribution in [2.75, 3.05) is 4.90 Å². The molecule has 274 valence electrons. The third kappa shape index (κ3) is 5.33. The van der Waals surface area contributed by atoms with Crippen LogP contribution in [0, 0.1) is 0 Å². The summed E-state index contributed by atoms with van der Waals surface area (Å²) in [6.07, 6.45) is 8.68. The lowest BCUT2D eigenvalue weighted by molar-refractivity contribution is 0.269. The number of para-hydroxylation sites is 2. The lowest BCUT2D eigenvalue weighted by atomic mass is 9.91. The van der Waals surface area contributed by atoms with E-state index in [9.17, 15) is 0 Å². The third-order valence-electron chi connectivity index (χ3n) is 11.9. The van der Waals surface area contributed by atoms with Gasteiger partial charge >= 0.3 is 0 Å². The normalized spacial score (nSPS) is 15.6. The van der Waals surface area contributed by atoms with Gasteiger partial charge in [0.2, 0.25) is 0 Å². The highest BCUT2D eigenvalue weighted by Crippen LogP contribution is 2.45. The van der Waals surface area contributed by atoms with Gasteiger partial charge in [0.15, 0.2) is 0 Å². The van der Waals surface area contributed by atoms with Gasteiger partial charge in [-0.15, -0.1) is 11.3 Å². The molecule has 1 aliphatic carbocycles. The molecule has 0 N–H and O–H groups in total. The maximum Gasteiger partial charge on any atom is 0.128 e. The van der Waals surface area contributed by atoms with Crippen molar-refractivity contribution in [3.8, 4) is 33.7 Å². The second-order valence-corrected chi connectivity index (χ2v) is 16.3. The summed E-state index contributed by atoms with van der Waals surface area (Å²) in [4.78, 5) is 2.38. The quantitative estimate of drug-likeness (QED) is 0.168. The van der Waals surface area contributed by atoms with Crippen LogP contribution in [0.2, 0.25) is 0 Å².